The van der Waals surface area contributed by atoms with Crippen LogP contribution in [0.5, 0.6) is 0 Å². The van der Waals surface area contributed by atoms with Crippen molar-refractivity contribution in [3.8, 4) is 0 Å². The van der Waals surface area contributed by atoms with Gasteiger partial charge in [0.1, 0.15) is 0 Å². The highest BCUT2D eigenvalue weighted by molar-refractivity contribution is 9.10. The van der Waals surface area contributed by atoms with Gasteiger partial charge in [-0.2, -0.15) is 0 Å². The van der Waals surface area contributed by atoms with E-state index < -0.39 is 0 Å². The SMILES string of the molecule is CCn1c(=O)c2ccccc2n2c(CN(C)Cc3ccccc3Br)nnc12. The Labute approximate surface area is 165 Å². The number of fused-ring (bicyclic) bond motifs is 3. The van der Waals surface area contributed by atoms with Gasteiger partial charge in [0.05, 0.1) is 17.4 Å². The van der Waals surface area contributed by atoms with Gasteiger partial charge in [-0.15, -0.1) is 10.2 Å². The second-order valence-electron chi connectivity index (χ2n) is 6.58. The van der Waals surface area contributed by atoms with Gasteiger partial charge in [-0.05, 0) is 37.7 Å². The zero-order chi connectivity index (χ0) is 19.0. The second kappa shape index (κ2) is 7.25. The van der Waals surface area contributed by atoms with E-state index in [1.54, 1.807) is 4.57 Å². The van der Waals surface area contributed by atoms with Gasteiger partial charge in [0, 0.05) is 17.6 Å². The minimum atomic E-state index is -0.0267. The molecular weight excluding hydrogens is 406 g/mol. The summed E-state index contributed by atoms with van der Waals surface area (Å²) in [7, 11) is 2.05. The fourth-order valence-corrected chi connectivity index (χ4v) is 3.83. The Morgan fingerprint density at radius 3 is 2.56 bits per heavy atom. The molecule has 0 bridgehead atoms. The predicted octanol–water partition coefficient (Wildman–Crippen LogP) is 3.46. The van der Waals surface area contributed by atoms with Crippen LogP contribution in [0.2, 0.25) is 0 Å². The van der Waals surface area contributed by atoms with E-state index in [1.165, 1.54) is 5.56 Å². The van der Waals surface area contributed by atoms with Crippen LogP contribution < -0.4 is 5.56 Å². The smallest absolute Gasteiger partial charge is 0.262 e. The summed E-state index contributed by atoms with van der Waals surface area (Å²) >= 11 is 3.60. The topological polar surface area (TPSA) is 55.4 Å². The van der Waals surface area contributed by atoms with Crippen molar-refractivity contribution in [2.75, 3.05) is 7.05 Å². The number of para-hydroxylation sites is 1. The fourth-order valence-electron chi connectivity index (χ4n) is 3.42. The molecule has 2 aromatic heterocycles. The van der Waals surface area contributed by atoms with Crippen LogP contribution in [-0.4, -0.2) is 31.1 Å². The van der Waals surface area contributed by atoms with E-state index in [-0.39, 0.29) is 5.56 Å². The zero-order valence-electron chi connectivity index (χ0n) is 15.3. The molecule has 6 nitrogen and oxygen atoms in total. The standard InChI is InChI=1S/C20H20BrN5O/c1-3-25-19(27)15-9-5-7-11-17(15)26-18(22-23-20(25)26)13-24(2)12-14-8-4-6-10-16(14)21/h4-11H,3,12-13H2,1-2H3. The zero-order valence-corrected chi connectivity index (χ0v) is 16.8. The van der Waals surface area contributed by atoms with Gasteiger partial charge in [0.25, 0.3) is 5.56 Å². The number of hydrogen-bond donors (Lipinski definition) is 0. The number of rotatable bonds is 5. The van der Waals surface area contributed by atoms with Crippen LogP contribution in [-0.2, 0) is 19.6 Å². The van der Waals surface area contributed by atoms with Crippen LogP contribution in [0.25, 0.3) is 16.7 Å². The average Bonchev–Trinajstić information content (AvgIpc) is 3.07. The molecule has 0 fully saturated rings. The summed E-state index contributed by atoms with van der Waals surface area (Å²) in [5, 5.41) is 9.40. The lowest BCUT2D eigenvalue weighted by Gasteiger charge is -2.17. The summed E-state index contributed by atoms with van der Waals surface area (Å²) in [6.07, 6.45) is 0. The molecular formula is C20H20BrN5O. The second-order valence-corrected chi connectivity index (χ2v) is 7.44. The summed E-state index contributed by atoms with van der Waals surface area (Å²) < 4.78 is 4.76. The van der Waals surface area contributed by atoms with Crippen molar-refractivity contribution in [1.29, 1.82) is 0 Å². The van der Waals surface area contributed by atoms with Crippen molar-refractivity contribution in [2.45, 2.75) is 26.6 Å². The molecule has 7 heteroatoms. The molecule has 0 aliphatic carbocycles. The average molecular weight is 426 g/mol. The largest absolute Gasteiger partial charge is 0.295 e. The number of benzene rings is 2. The molecule has 2 aromatic carbocycles. The lowest BCUT2D eigenvalue weighted by atomic mass is 10.2. The molecule has 0 saturated heterocycles. The lowest BCUT2D eigenvalue weighted by Crippen LogP contribution is -2.24. The first-order valence-corrected chi connectivity index (χ1v) is 9.67. The van der Waals surface area contributed by atoms with Gasteiger partial charge in [0.2, 0.25) is 5.78 Å². The Balaban J connectivity index is 1.78. The normalized spacial score (nSPS) is 11.7. The summed E-state index contributed by atoms with van der Waals surface area (Å²) in [5.41, 5.74) is 2.03. The molecule has 0 unspecified atom stereocenters. The summed E-state index contributed by atoms with van der Waals surface area (Å²) in [5.74, 6) is 1.41. The Hall–Kier alpha value is -2.51. The molecule has 0 amide bonds. The van der Waals surface area contributed by atoms with E-state index >= 15 is 0 Å². The summed E-state index contributed by atoms with van der Waals surface area (Å²) in [6, 6.07) is 15.8. The van der Waals surface area contributed by atoms with Crippen molar-refractivity contribution in [3.63, 3.8) is 0 Å². The van der Waals surface area contributed by atoms with Crippen LogP contribution in [0.1, 0.15) is 18.3 Å². The van der Waals surface area contributed by atoms with Crippen LogP contribution in [0.3, 0.4) is 0 Å². The van der Waals surface area contributed by atoms with Crippen molar-refractivity contribution in [2.24, 2.45) is 0 Å². The Kier molecular flexibility index (Phi) is 4.80. The maximum absolute atomic E-state index is 12.7. The minimum absolute atomic E-state index is 0.0267. The molecule has 27 heavy (non-hydrogen) atoms. The molecule has 0 radical (unpaired) electrons. The molecule has 4 aromatic rings. The molecule has 0 aliphatic rings. The third-order valence-corrected chi connectivity index (χ3v) is 5.47. The molecule has 0 spiro atoms. The quantitative estimate of drug-likeness (QED) is 0.491. The van der Waals surface area contributed by atoms with E-state index in [0.29, 0.717) is 24.3 Å². The van der Waals surface area contributed by atoms with Gasteiger partial charge < -0.3 is 0 Å². The van der Waals surface area contributed by atoms with Crippen molar-refractivity contribution in [1.82, 2.24) is 24.1 Å². The Morgan fingerprint density at radius 2 is 1.78 bits per heavy atom. The lowest BCUT2D eigenvalue weighted by molar-refractivity contribution is 0.309. The van der Waals surface area contributed by atoms with Crippen molar-refractivity contribution in [3.05, 3.63) is 74.7 Å². The maximum Gasteiger partial charge on any atom is 0.262 e. The molecule has 0 aliphatic heterocycles. The molecule has 2 heterocycles. The summed E-state index contributed by atoms with van der Waals surface area (Å²) in [6.45, 7) is 3.90. The number of nitrogens with zero attached hydrogens (tertiary/aromatic N) is 5. The highest BCUT2D eigenvalue weighted by Crippen LogP contribution is 2.19. The first-order valence-electron chi connectivity index (χ1n) is 8.87. The fraction of sp³-hybridized carbons (Fsp3) is 0.250. The first-order chi connectivity index (χ1) is 13.1. The first kappa shape index (κ1) is 17.9. The highest BCUT2D eigenvalue weighted by atomic mass is 79.9. The van der Waals surface area contributed by atoms with E-state index in [1.807, 2.05) is 53.8 Å². The molecule has 138 valence electrons. The number of hydrogen-bond acceptors (Lipinski definition) is 4. The molecule has 0 atom stereocenters. The van der Waals surface area contributed by atoms with E-state index in [4.69, 9.17) is 0 Å². The summed E-state index contributed by atoms with van der Waals surface area (Å²) in [4.78, 5) is 14.9. The third-order valence-electron chi connectivity index (χ3n) is 4.70. The molecule has 0 N–H and O–H groups in total. The Bertz CT molecular complexity index is 1180. The van der Waals surface area contributed by atoms with E-state index in [2.05, 4.69) is 44.1 Å². The molecule has 4 rings (SSSR count). The maximum atomic E-state index is 12.7. The van der Waals surface area contributed by atoms with Gasteiger partial charge in [-0.3, -0.25) is 18.7 Å². The number of aryl methyl sites for hydroxylation is 1. The van der Waals surface area contributed by atoms with Crippen LogP contribution in [0.15, 0.2) is 57.8 Å². The third kappa shape index (κ3) is 3.17. The van der Waals surface area contributed by atoms with Crippen LogP contribution in [0, 0.1) is 0 Å². The van der Waals surface area contributed by atoms with Gasteiger partial charge >= 0.3 is 0 Å². The van der Waals surface area contributed by atoms with Gasteiger partial charge in [-0.1, -0.05) is 46.3 Å². The predicted molar refractivity (Wildman–Crippen MR) is 110 cm³/mol. The van der Waals surface area contributed by atoms with Crippen LogP contribution in [0.4, 0.5) is 0 Å². The highest BCUT2D eigenvalue weighted by Gasteiger charge is 2.16. The van der Waals surface area contributed by atoms with Crippen LogP contribution >= 0.6 is 15.9 Å². The van der Waals surface area contributed by atoms with E-state index in [9.17, 15) is 4.79 Å². The molecule has 0 saturated carbocycles. The van der Waals surface area contributed by atoms with Gasteiger partial charge in [-0.25, -0.2) is 0 Å². The van der Waals surface area contributed by atoms with E-state index in [0.717, 1.165) is 22.4 Å². The number of aromatic nitrogens is 4. The van der Waals surface area contributed by atoms with Crippen molar-refractivity contribution >= 4 is 32.6 Å². The number of halogens is 1. The Morgan fingerprint density at radius 1 is 1.04 bits per heavy atom. The van der Waals surface area contributed by atoms with Crippen molar-refractivity contribution < 1.29 is 0 Å². The van der Waals surface area contributed by atoms with Gasteiger partial charge in [0.15, 0.2) is 5.82 Å². The monoisotopic (exact) mass is 425 g/mol. The minimum Gasteiger partial charge on any atom is -0.295 e.